The van der Waals surface area contributed by atoms with Crippen molar-refractivity contribution >= 4 is 23.4 Å². The van der Waals surface area contributed by atoms with Gasteiger partial charge in [0.15, 0.2) is 0 Å². The average Bonchev–Trinajstić information content (AvgIpc) is 2.19. The van der Waals surface area contributed by atoms with Crippen molar-refractivity contribution in [3.05, 3.63) is 18.2 Å². The topological polar surface area (TPSA) is 22.1 Å². The predicted molar refractivity (Wildman–Crippen MR) is 61.4 cm³/mol. The molecule has 1 rings (SSSR count). The number of ether oxygens (including phenoxy) is 1. The molecule has 0 aliphatic rings. The van der Waals surface area contributed by atoms with E-state index in [1.807, 2.05) is 25.1 Å². The molecule has 1 atom stereocenters. The largest absolute Gasteiger partial charge is 0.478 e. The van der Waals surface area contributed by atoms with E-state index in [9.17, 15) is 0 Å². The molecule has 0 fully saturated rings. The zero-order valence-corrected chi connectivity index (χ0v) is 9.94. The van der Waals surface area contributed by atoms with Crippen LogP contribution in [-0.4, -0.2) is 22.7 Å². The number of thioether (sulfide) groups is 1. The Hall–Kier alpha value is -0.410. The molecule has 1 aromatic rings. The number of rotatable bonds is 5. The molecule has 0 saturated carbocycles. The van der Waals surface area contributed by atoms with Crippen molar-refractivity contribution in [3.63, 3.8) is 0 Å². The van der Waals surface area contributed by atoms with Gasteiger partial charge in [0.05, 0.1) is 6.61 Å². The molecule has 0 aromatic carbocycles. The van der Waals surface area contributed by atoms with Crippen LogP contribution in [0, 0.1) is 0 Å². The van der Waals surface area contributed by atoms with Crippen LogP contribution in [0.5, 0.6) is 5.88 Å². The minimum Gasteiger partial charge on any atom is -0.478 e. The first-order valence-electron chi connectivity index (χ1n) is 4.58. The van der Waals surface area contributed by atoms with Crippen LogP contribution in [0.25, 0.3) is 0 Å². The molecule has 4 heteroatoms. The monoisotopic (exact) mass is 231 g/mol. The second-order valence-corrected chi connectivity index (χ2v) is 4.60. The summed E-state index contributed by atoms with van der Waals surface area (Å²) in [7, 11) is 0. The van der Waals surface area contributed by atoms with Crippen LogP contribution in [-0.2, 0) is 0 Å². The number of halogens is 1. The summed E-state index contributed by atoms with van der Waals surface area (Å²) < 4.78 is 5.30. The van der Waals surface area contributed by atoms with Crippen molar-refractivity contribution in [1.82, 2.24) is 4.98 Å². The maximum atomic E-state index is 5.72. The number of aromatic nitrogens is 1. The maximum absolute atomic E-state index is 5.72. The molecule has 1 heterocycles. The highest BCUT2D eigenvalue weighted by atomic mass is 35.5. The van der Waals surface area contributed by atoms with E-state index in [4.69, 9.17) is 16.3 Å². The first kappa shape index (κ1) is 11.7. The number of pyridine rings is 1. The quantitative estimate of drug-likeness (QED) is 0.574. The van der Waals surface area contributed by atoms with Crippen molar-refractivity contribution in [2.24, 2.45) is 0 Å². The smallest absolute Gasteiger partial charge is 0.214 e. The molecular weight excluding hydrogens is 218 g/mol. The second-order valence-electron chi connectivity index (χ2n) is 2.83. The zero-order chi connectivity index (χ0) is 10.4. The van der Waals surface area contributed by atoms with Gasteiger partial charge in [0.2, 0.25) is 5.88 Å². The van der Waals surface area contributed by atoms with Crippen molar-refractivity contribution in [2.45, 2.75) is 24.1 Å². The summed E-state index contributed by atoms with van der Waals surface area (Å²) in [6.07, 6.45) is 0. The first-order chi connectivity index (χ1) is 6.76. The molecule has 2 nitrogen and oxygen atoms in total. The second kappa shape index (κ2) is 6.14. The lowest BCUT2D eigenvalue weighted by atomic mass is 10.5. The number of hydrogen-bond donors (Lipinski definition) is 0. The number of hydrogen-bond acceptors (Lipinski definition) is 3. The standard InChI is InChI=1S/C10H14ClNOS/c1-3-13-9-5-4-6-10(12-9)14-8(2)7-11/h4-6,8H,3,7H2,1-2H3. The highest BCUT2D eigenvalue weighted by Crippen LogP contribution is 2.23. The summed E-state index contributed by atoms with van der Waals surface area (Å²) in [6.45, 7) is 4.67. The van der Waals surface area contributed by atoms with Crippen molar-refractivity contribution in [1.29, 1.82) is 0 Å². The summed E-state index contributed by atoms with van der Waals surface area (Å²) >= 11 is 7.38. The fraction of sp³-hybridized carbons (Fsp3) is 0.500. The Balaban J connectivity index is 2.63. The van der Waals surface area contributed by atoms with Gasteiger partial charge in [-0.25, -0.2) is 4.98 Å². The van der Waals surface area contributed by atoms with Gasteiger partial charge in [0.25, 0.3) is 0 Å². The third-order valence-corrected chi connectivity index (χ3v) is 3.21. The van der Waals surface area contributed by atoms with Gasteiger partial charge in [-0.2, -0.15) is 0 Å². The summed E-state index contributed by atoms with van der Waals surface area (Å²) in [6, 6.07) is 5.77. The van der Waals surface area contributed by atoms with Gasteiger partial charge in [0.1, 0.15) is 5.03 Å². The average molecular weight is 232 g/mol. The molecule has 0 saturated heterocycles. The molecule has 14 heavy (non-hydrogen) atoms. The Bertz CT molecular complexity index is 283. The summed E-state index contributed by atoms with van der Waals surface area (Å²) in [5, 5.41) is 1.34. The molecule has 0 aliphatic heterocycles. The molecule has 0 aliphatic carbocycles. The van der Waals surface area contributed by atoms with Crippen LogP contribution in [0.15, 0.2) is 23.2 Å². The van der Waals surface area contributed by atoms with E-state index < -0.39 is 0 Å². The van der Waals surface area contributed by atoms with Gasteiger partial charge in [-0.05, 0) is 13.0 Å². The van der Waals surface area contributed by atoms with Gasteiger partial charge in [-0.3, -0.25) is 0 Å². The first-order valence-corrected chi connectivity index (χ1v) is 6.00. The molecule has 1 aromatic heterocycles. The van der Waals surface area contributed by atoms with Crippen LogP contribution in [0.4, 0.5) is 0 Å². The third-order valence-electron chi connectivity index (χ3n) is 1.53. The van der Waals surface area contributed by atoms with E-state index in [0.717, 1.165) is 5.03 Å². The van der Waals surface area contributed by atoms with E-state index in [0.29, 0.717) is 23.6 Å². The highest BCUT2D eigenvalue weighted by Gasteiger charge is 2.04. The molecule has 0 bridgehead atoms. The minimum atomic E-state index is 0.376. The third kappa shape index (κ3) is 3.76. The summed E-state index contributed by atoms with van der Waals surface area (Å²) in [5.41, 5.74) is 0. The lowest BCUT2D eigenvalue weighted by Gasteiger charge is -2.07. The Labute approximate surface area is 94.0 Å². The van der Waals surface area contributed by atoms with E-state index in [1.165, 1.54) is 0 Å². The molecule has 0 radical (unpaired) electrons. The van der Waals surface area contributed by atoms with Crippen LogP contribution < -0.4 is 4.74 Å². The summed E-state index contributed by atoms with van der Waals surface area (Å²) in [4.78, 5) is 4.33. The fourth-order valence-corrected chi connectivity index (χ4v) is 1.89. The summed E-state index contributed by atoms with van der Waals surface area (Å²) in [5.74, 6) is 1.31. The van der Waals surface area contributed by atoms with E-state index >= 15 is 0 Å². The maximum Gasteiger partial charge on any atom is 0.214 e. The van der Waals surface area contributed by atoms with Gasteiger partial charge < -0.3 is 4.74 Å². The number of nitrogens with zero attached hydrogens (tertiary/aromatic N) is 1. The zero-order valence-electron chi connectivity index (χ0n) is 8.37. The molecule has 78 valence electrons. The molecule has 1 unspecified atom stereocenters. The fourth-order valence-electron chi connectivity index (χ4n) is 0.927. The SMILES string of the molecule is CCOc1cccc(SC(C)CCl)n1. The highest BCUT2D eigenvalue weighted by molar-refractivity contribution is 7.99. The molecule has 0 N–H and O–H groups in total. The van der Waals surface area contributed by atoms with E-state index in [-0.39, 0.29) is 0 Å². The van der Waals surface area contributed by atoms with E-state index in [2.05, 4.69) is 11.9 Å². The van der Waals surface area contributed by atoms with Gasteiger partial charge in [-0.1, -0.05) is 13.0 Å². The van der Waals surface area contributed by atoms with Crippen molar-refractivity contribution in [3.8, 4) is 5.88 Å². The van der Waals surface area contributed by atoms with E-state index in [1.54, 1.807) is 11.8 Å². The Morgan fingerprint density at radius 2 is 2.36 bits per heavy atom. The van der Waals surface area contributed by atoms with Crippen LogP contribution in [0.2, 0.25) is 0 Å². The van der Waals surface area contributed by atoms with Crippen LogP contribution >= 0.6 is 23.4 Å². The Morgan fingerprint density at radius 1 is 1.57 bits per heavy atom. The van der Waals surface area contributed by atoms with Crippen molar-refractivity contribution < 1.29 is 4.74 Å². The molecule has 0 spiro atoms. The van der Waals surface area contributed by atoms with Crippen LogP contribution in [0.3, 0.4) is 0 Å². The lowest BCUT2D eigenvalue weighted by molar-refractivity contribution is 0.324. The van der Waals surface area contributed by atoms with Crippen molar-refractivity contribution in [2.75, 3.05) is 12.5 Å². The minimum absolute atomic E-state index is 0.376. The predicted octanol–water partition coefficient (Wildman–Crippen LogP) is 3.20. The van der Waals surface area contributed by atoms with Gasteiger partial charge >= 0.3 is 0 Å². The van der Waals surface area contributed by atoms with Crippen LogP contribution in [0.1, 0.15) is 13.8 Å². The van der Waals surface area contributed by atoms with Gasteiger partial charge in [0, 0.05) is 17.2 Å². The Morgan fingerprint density at radius 3 is 3.00 bits per heavy atom. The lowest BCUT2D eigenvalue weighted by Crippen LogP contribution is -1.99. The molecular formula is C10H14ClNOS. The van der Waals surface area contributed by atoms with Gasteiger partial charge in [-0.15, -0.1) is 23.4 Å². The normalized spacial score (nSPS) is 12.5. The number of alkyl halides is 1. The molecule has 0 amide bonds. The Kier molecular flexibility index (Phi) is 5.12.